The van der Waals surface area contributed by atoms with Gasteiger partial charge in [0.15, 0.2) is 11.5 Å². The summed E-state index contributed by atoms with van der Waals surface area (Å²) in [5.74, 6) is 1.79. The number of nitrogens with one attached hydrogen (secondary N) is 1. The van der Waals surface area contributed by atoms with Crippen molar-refractivity contribution < 1.29 is 19.1 Å². The largest absolute Gasteiger partial charge is 0.454 e. The van der Waals surface area contributed by atoms with Crippen LogP contribution < -0.4 is 14.8 Å². The summed E-state index contributed by atoms with van der Waals surface area (Å²) in [6, 6.07) is 5.26. The van der Waals surface area contributed by atoms with Crippen LogP contribution in [0.15, 0.2) is 18.2 Å². The number of likely N-dealkylation sites (tertiary alicyclic amines) is 1. The molecule has 0 aromatic heterocycles. The molecule has 0 unspecified atom stereocenters. The molecule has 1 fully saturated rings. The number of hydrogen-bond donors (Lipinski definition) is 1. The molecule has 6 nitrogen and oxygen atoms in total. The Morgan fingerprint density at radius 2 is 1.96 bits per heavy atom. The van der Waals surface area contributed by atoms with Gasteiger partial charge in [-0.1, -0.05) is 0 Å². The Labute approximate surface area is 146 Å². The zero-order valence-corrected chi connectivity index (χ0v) is 14.2. The van der Waals surface area contributed by atoms with Crippen molar-refractivity contribution in [2.45, 2.75) is 31.7 Å². The van der Waals surface area contributed by atoms with E-state index in [0.717, 1.165) is 12.8 Å². The van der Waals surface area contributed by atoms with Crippen LogP contribution in [0.3, 0.4) is 0 Å². The molecule has 2 aliphatic rings. The SMILES string of the molecule is O=C(NC1CCN(C(=O)CCCCl)CC1)c1ccc2c(c1)OCO2. The minimum atomic E-state index is -0.125. The van der Waals surface area contributed by atoms with Gasteiger partial charge in [0, 0.05) is 37.0 Å². The Balaban J connectivity index is 1.49. The summed E-state index contributed by atoms with van der Waals surface area (Å²) in [7, 11) is 0. The van der Waals surface area contributed by atoms with E-state index in [9.17, 15) is 9.59 Å². The number of hydrogen-bond acceptors (Lipinski definition) is 4. The van der Waals surface area contributed by atoms with Crippen LogP contribution in [0.25, 0.3) is 0 Å². The van der Waals surface area contributed by atoms with Crippen molar-refractivity contribution in [3.8, 4) is 11.5 Å². The summed E-state index contributed by atoms with van der Waals surface area (Å²) in [5, 5.41) is 3.03. The lowest BCUT2D eigenvalue weighted by molar-refractivity contribution is -0.132. The van der Waals surface area contributed by atoms with E-state index in [1.54, 1.807) is 18.2 Å². The van der Waals surface area contributed by atoms with Gasteiger partial charge < -0.3 is 19.7 Å². The molecular formula is C17H21ClN2O4. The van der Waals surface area contributed by atoms with Gasteiger partial charge in [-0.25, -0.2) is 0 Å². The topological polar surface area (TPSA) is 67.9 Å². The van der Waals surface area contributed by atoms with Crippen molar-refractivity contribution in [1.82, 2.24) is 10.2 Å². The monoisotopic (exact) mass is 352 g/mol. The van der Waals surface area contributed by atoms with Crippen molar-refractivity contribution in [3.63, 3.8) is 0 Å². The van der Waals surface area contributed by atoms with E-state index in [1.165, 1.54) is 0 Å². The predicted molar refractivity (Wildman–Crippen MR) is 89.6 cm³/mol. The summed E-state index contributed by atoms with van der Waals surface area (Å²) in [6.07, 6.45) is 2.74. The number of ether oxygens (including phenoxy) is 2. The molecule has 0 saturated carbocycles. The summed E-state index contributed by atoms with van der Waals surface area (Å²) >= 11 is 5.62. The molecule has 2 heterocycles. The molecule has 1 aromatic rings. The van der Waals surface area contributed by atoms with Crippen LogP contribution in [0, 0.1) is 0 Å². The molecule has 0 radical (unpaired) electrons. The molecule has 7 heteroatoms. The maximum absolute atomic E-state index is 12.4. The first-order valence-electron chi connectivity index (χ1n) is 8.21. The number of piperidine rings is 1. The summed E-state index contributed by atoms with van der Waals surface area (Å²) in [6.45, 7) is 1.54. The molecule has 0 bridgehead atoms. The number of rotatable bonds is 5. The van der Waals surface area contributed by atoms with Crippen LogP contribution >= 0.6 is 11.6 Å². The Kier molecular flexibility index (Phi) is 5.45. The molecule has 2 amide bonds. The Morgan fingerprint density at radius 1 is 1.21 bits per heavy atom. The number of alkyl halides is 1. The van der Waals surface area contributed by atoms with Gasteiger partial charge in [-0.05, 0) is 37.5 Å². The number of carbonyl (C=O) groups excluding carboxylic acids is 2. The standard InChI is InChI=1S/C17H21ClN2O4/c18-7-1-2-16(21)20-8-5-13(6-9-20)19-17(22)12-3-4-14-15(10-12)24-11-23-14/h3-4,10,13H,1-2,5-9,11H2,(H,19,22). The van der Waals surface area contributed by atoms with Crippen LogP contribution in [0.4, 0.5) is 0 Å². The molecule has 1 aromatic carbocycles. The first kappa shape index (κ1) is 16.9. The van der Waals surface area contributed by atoms with Crippen LogP contribution in [0.1, 0.15) is 36.0 Å². The van der Waals surface area contributed by atoms with Gasteiger partial charge in [-0.2, -0.15) is 0 Å². The Morgan fingerprint density at radius 3 is 2.71 bits per heavy atom. The van der Waals surface area contributed by atoms with Crippen molar-refractivity contribution in [1.29, 1.82) is 0 Å². The average Bonchev–Trinajstić information content (AvgIpc) is 3.08. The van der Waals surface area contributed by atoms with Crippen molar-refractivity contribution in [2.24, 2.45) is 0 Å². The third kappa shape index (κ3) is 3.93. The van der Waals surface area contributed by atoms with Crippen molar-refractivity contribution >= 4 is 23.4 Å². The van der Waals surface area contributed by atoms with Crippen molar-refractivity contribution in [3.05, 3.63) is 23.8 Å². The van der Waals surface area contributed by atoms with E-state index < -0.39 is 0 Å². The fourth-order valence-electron chi connectivity index (χ4n) is 2.96. The van der Waals surface area contributed by atoms with Gasteiger partial charge in [0.1, 0.15) is 0 Å². The van der Waals surface area contributed by atoms with Gasteiger partial charge in [0.05, 0.1) is 0 Å². The fraction of sp³-hybridized carbons (Fsp3) is 0.529. The third-order valence-electron chi connectivity index (χ3n) is 4.34. The lowest BCUT2D eigenvalue weighted by Crippen LogP contribution is -2.46. The van der Waals surface area contributed by atoms with E-state index in [0.29, 0.717) is 48.9 Å². The van der Waals surface area contributed by atoms with Crippen LogP contribution in [-0.4, -0.2) is 48.5 Å². The van der Waals surface area contributed by atoms with E-state index in [2.05, 4.69) is 5.32 Å². The highest BCUT2D eigenvalue weighted by Crippen LogP contribution is 2.32. The highest BCUT2D eigenvalue weighted by atomic mass is 35.5. The Hall–Kier alpha value is -1.95. The highest BCUT2D eigenvalue weighted by Gasteiger charge is 2.24. The number of benzene rings is 1. The molecule has 3 rings (SSSR count). The summed E-state index contributed by atoms with van der Waals surface area (Å²) in [4.78, 5) is 26.2. The second kappa shape index (κ2) is 7.75. The van der Waals surface area contributed by atoms with Crippen LogP contribution in [0.5, 0.6) is 11.5 Å². The number of carbonyl (C=O) groups is 2. The van der Waals surface area contributed by atoms with Gasteiger partial charge in [0.25, 0.3) is 5.91 Å². The molecule has 0 aliphatic carbocycles. The molecular weight excluding hydrogens is 332 g/mol. The zero-order valence-electron chi connectivity index (χ0n) is 13.4. The van der Waals surface area contributed by atoms with E-state index in [4.69, 9.17) is 21.1 Å². The first-order chi connectivity index (χ1) is 11.7. The second-order valence-electron chi connectivity index (χ2n) is 5.99. The Bertz CT molecular complexity index is 615. The van der Waals surface area contributed by atoms with Gasteiger partial charge in [-0.3, -0.25) is 9.59 Å². The van der Waals surface area contributed by atoms with Crippen molar-refractivity contribution in [2.75, 3.05) is 25.8 Å². The van der Waals surface area contributed by atoms with Gasteiger partial charge in [0.2, 0.25) is 12.7 Å². The maximum atomic E-state index is 12.4. The summed E-state index contributed by atoms with van der Waals surface area (Å²) in [5.41, 5.74) is 0.555. The lowest BCUT2D eigenvalue weighted by Gasteiger charge is -2.32. The minimum Gasteiger partial charge on any atom is -0.454 e. The highest BCUT2D eigenvalue weighted by molar-refractivity contribution is 6.17. The smallest absolute Gasteiger partial charge is 0.251 e. The second-order valence-corrected chi connectivity index (χ2v) is 6.37. The number of halogens is 1. The lowest BCUT2D eigenvalue weighted by atomic mass is 10.0. The van der Waals surface area contributed by atoms with Gasteiger partial charge >= 0.3 is 0 Å². The normalized spacial score (nSPS) is 17.0. The number of fused-ring (bicyclic) bond motifs is 1. The minimum absolute atomic E-state index is 0.0833. The molecule has 24 heavy (non-hydrogen) atoms. The molecule has 130 valence electrons. The molecule has 0 atom stereocenters. The number of amides is 2. The molecule has 0 spiro atoms. The molecule has 1 N–H and O–H groups in total. The maximum Gasteiger partial charge on any atom is 0.251 e. The fourth-order valence-corrected chi connectivity index (χ4v) is 3.09. The van der Waals surface area contributed by atoms with Crippen LogP contribution in [0.2, 0.25) is 0 Å². The van der Waals surface area contributed by atoms with E-state index in [-0.39, 0.29) is 24.6 Å². The first-order valence-corrected chi connectivity index (χ1v) is 8.75. The molecule has 2 aliphatic heterocycles. The number of nitrogens with zero attached hydrogens (tertiary/aromatic N) is 1. The summed E-state index contributed by atoms with van der Waals surface area (Å²) < 4.78 is 10.5. The predicted octanol–water partition coefficient (Wildman–Crippen LogP) is 2.16. The third-order valence-corrected chi connectivity index (χ3v) is 4.61. The average molecular weight is 353 g/mol. The van der Waals surface area contributed by atoms with E-state index >= 15 is 0 Å². The zero-order chi connectivity index (χ0) is 16.9. The molecule has 1 saturated heterocycles. The van der Waals surface area contributed by atoms with Gasteiger partial charge in [-0.15, -0.1) is 11.6 Å². The quantitative estimate of drug-likeness (QED) is 0.824. The van der Waals surface area contributed by atoms with E-state index in [1.807, 2.05) is 4.90 Å². The van der Waals surface area contributed by atoms with Crippen LogP contribution in [-0.2, 0) is 4.79 Å².